The number of hydrogen-bond acceptors (Lipinski definition) is 5. The first-order chi connectivity index (χ1) is 13.2. The third kappa shape index (κ3) is 8.55. The monoisotopic (exact) mass is 522 g/mol. The van der Waals surface area contributed by atoms with Crippen molar-refractivity contribution in [2.24, 2.45) is 10.4 Å². The van der Waals surface area contributed by atoms with Gasteiger partial charge in [0.15, 0.2) is 17.5 Å². The Morgan fingerprint density at radius 1 is 1.03 bits per heavy atom. The lowest BCUT2D eigenvalue weighted by molar-refractivity contribution is 0.0205. The number of rotatable bonds is 9. The van der Waals surface area contributed by atoms with E-state index in [4.69, 9.17) is 14.2 Å². The van der Waals surface area contributed by atoms with Crippen molar-refractivity contribution in [3.05, 3.63) is 23.8 Å². The van der Waals surface area contributed by atoms with E-state index in [-0.39, 0.29) is 41.5 Å². The first kappa shape index (κ1) is 27.7. The molecule has 0 saturated heterocycles. The van der Waals surface area contributed by atoms with Gasteiger partial charge < -0.3 is 29.7 Å². The molecule has 0 aliphatic rings. The number of ether oxygens (including phenoxy) is 3. The zero-order chi connectivity index (χ0) is 21.3. The summed E-state index contributed by atoms with van der Waals surface area (Å²) in [6.45, 7) is 7.87. The summed E-state index contributed by atoms with van der Waals surface area (Å²) >= 11 is 0. The number of nitrogens with one attached hydrogen (secondary N) is 2. The molecule has 0 aliphatic heterocycles. The number of hydrogen-bond donors (Lipinski definition) is 2. The third-order valence-electron chi connectivity index (χ3n) is 4.81. The molecule has 1 aromatic rings. The maximum absolute atomic E-state index is 5.61. The second-order valence-electron chi connectivity index (χ2n) is 8.02. The van der Waals surface area contributed by atoms with E-state index in [1.165, 1.54) is 0 Å². The van der Waals surface area contributed by atoms with Crippen LogP contribution in [0.15, 0.2) is 23.2 Å². The summed E-state index contributed by atoms with van der Waals surface area (Å²) in [6.07, 6.45) is 0.0848. The summed E-state index contributed by atoms with van der Waals surface area (Å²) in [5.41, 5.74) is 1.18. The molecule has 0 saturated carbocycles. The third-order valence-corrected chi connectivity index (χ3v) is 4.81. The molecular formula is C21H39IN4O3. The van der Waals surface area contributed by atoms with E-state index in [1.807, 2.05) is 12.1 Å². The van der Waals surface area contributed by atoms with Gasteiger partial charge in [0.05, 0.1) is 26.4 Å². The second-order valence-corrected chi connectivity index (χ2v) is 8.02. The quantitative estimate of drug-likeness (QED) is 0.295. The highest BCUT2D eigenvalue weighted by atomic mass is 127. The number of likely N-dealkylation sites (N-methyl/N-ethyl adjacent to an activating group) is 1. The maximum atomic E-state index is 5.61. The van der Waals surface area contributed by atoms with Gasteiger partial charge >= 0.3 is 0 Å². The highest BCUT2D eigenvalue weighted by molar-refractivity contribution is 14.0. The van der Waals surface area contributed by atoms with Crippen molar-refractivity contribution >= 4 is 29.9 Å². The Morgan fingerprint density at radius 2 is 1.62 bits per heavy atom. The van der Waals surface area contributed by atoms with Crippen LogP contribution in [0.3, 0.4) is 0 Å². The molecule has 0 aliphatic carbocycles. The van der Waals surface area contributed by atoms with Crippen LogP contribution in [-0.4, -0.2) is 72.5 Å². The molecule has 0 amide bonds. The summed E-state index contributed by atoms with van der Waals surface area (Å²) in [4.78, 5) is 6.50. The van der Waals surface area contributed by atoms with Crippen molar-refractivity contribution < 1.29 is 14.2 Å². The minimum absolute atomic E-state index is 0. The van der Waals surface area contributed by atoms with E-state index in [2.05, 4.69) is 61.5 Å². The second kappa shape index (κ2) is 13.1. The fourth-order valence-corrected chi connectivity index (χ4v) is 3.01. The number of guanidine groups is 1. The molecule has 2 atom stereocenters. The van der Waals surface area contributed by atoms with E-state index in [0.717, 1.165) is 23.0 Å². The fraction of sp³-hybridized carbons (Fsp3) is 0.667. The molecule has 2 unspecified atom stereocenters. The Hall–Kier alpha value is -1.26. The molecule has 0 heterocycles. The van der Waals surface area contributed by atoms with Crippen molar-refractivity contribution in [1.82, 2.24) is 15.5 Å². The Balaban J connectivity index is 0.00000784. The normalized spacial score (nSPS) is 14.1. The summed E-state index contributed by atoms with van der Waals surface area (Å²) in [5, 5.41) is 6.78. The molecule has 7 nitrogen and oxygen atoms in total. The highest BCUT2D eigenvalue weighted by Gasteiger charge is 2.24. The molecule has 0 spiro atoms. The van der Waals surface area contributed by atoms with E-state index in [0.29, 0.717) is 13.1 Å². The molecular weight excluding hydrogens is 483 g/mol. The summed E-state index contributed by atoms with van der Waals surface area (Å²) in [5.74, 6) is 2.20. The smallest absolute Gasteiger partial charge is 0.191 e. The molecule has 0 aromatic heterocycles. The van der Waals surface area contributed by atoms with E-state index >= 15 is 0 Å². The molecule has 0 bridgehead atoms. The average molecular weight is 522 g/mol. The summed E-state index contributed by atoms with van der Waals surface area (Å²) in [7, 11) is 10.9. The molecule has 0 radical (unpaired) electrons. The van der Waals surface area contributed by atoms with Gasteiger partial charge in [0.1, 0.15) is 0 Å². The van der Waals surface area contributed by atoms with E-state index < -0.39 is 0 Å². The summed E-state index contributed by atoms with van der Waals surface area (Å²) < 4.78 is 16.4. The zero-order valence-corrected chi connectivity index (χ0v) is 21.7. The van der Waals surface area contributed by atoms with Gasteiger partial charge in [-0.3, -0.25) is 4.99 Å². The van der Waals surface area contributed by atoms with Crippen LogP contribution in [0.4, 0.5) is 0 Å². The lowest BCUT2D eigenvalue weighted by Crippen LogP contribution is -2.47. The first-order valence-electron chi connectivity index (χ1n) is 9.53. The van der Waals surface area contributed by atoms with Crippen LogP contribution < -0.4 is 20.1 Å². The van der Waals surface area contributed by atoms with Gasteiger partial charge in [-0.2, -0.15) is 0 Å². The molecule has 29 heavy (non-hydrogen) atoms. The number of halogens is 1. The predicted molar refractivity (Wildman–Crippen MR) is 131 cm³/mol. The van der Waals surface area contributed by atoms with Crippen LogP contribution in [0, 0.1) is 5.41 Å². The van der Waals surface area contributed by atoms with Gasteiger partial charge in [-0.25, -0.2) is 0 Å². The van der Waals surface area contributed by atoms with Crippen LogP contribution in [0.2, 0.25) is 0 Å². The molecule has 0 fully saturated rings. The zero-order valence-electron chi connectivity index (χ0n) is 19.3. The van der Waals surface area contributed by atoms with Gasteiger partial charge in [-0.1, -0.05) is 26.8 Å². The molecule has 1 aromatic carbocycles. The number of methoxy groups -OCH3 is 3. The Labute approximate surface area is 193 Å². The van der Waals surface area contributed by atoms with Crippen molar-refractivity contribution in [3.8, 4) is 11.5 Å². The van der Waals surface area contributed by atoms with Crippen molar-refractivity contribution in [3.63, 3.8) is 0 Å². The average Bonchev–Trinajstić information content (AvgIpc) is 2.65. The lowest BCUT2D eigenvalue weighted by Gasteiger charge is -2.30. The largest absolute Gasteiger partial charge is 0.493 e. The van der Waals surface area contributed by atoms with Gasteiger partial charge in [-0.05, 0) is 37.2 Å². The Morgan fingerprint density at radius 3 is 2.07 bits per heavy atom. The molecule has 8 heteroatoms. The molecule has 1 rings (SSSR count). The number of nitrogens with zero attached hydrogens (tertiary/aromatic N) is 2. The standard InChI is InChI=1S/C21H38N4O3.HI/c1-21(2,3)19(28-9)14-24-20(22-4)23-13-16(25(5)6)15-10-11-17(26-7)18(12-15)27-8;/h10-12,16,19H,13-14H2,1-9H3,(H2,22,23,24);1H. The minimum Gasteiger partial charge on any atom is -0.493 e. The Bertz CT molecular complexity index is 633. The minimum atomic E-state index is 0. The Kier molecular flexibility index (Phi) is 12.6. The number of aliphatic imine (C=N–C) groups is 1. The van der Waals surface area contributed by atoms with Crippen molar-refractivity contribution in [2.75, 3.05) is 55.6 Å². The SMILES string of the molecule is CN=C(NCC(c1ccc(OC)c(OC)c1)N(C)C)NCC(OC)C(C)(C)C.I. The van der Waals surface area contributed by atoms with Gasteiger partial charge in [-0.15, -0.1) is 24.0 Å². The number of benzene rings is 1. The highest BCUT2D eigenvalue weighted by Crippen LogP contribution is 2.31. The predicted octanol–water partition coefficient (Wildman–Crippen LogP) is 3.15. The lowest BCUT2D eigenvalue weighted by atomic mass is 9.89. The van der Waals surface area contributed by atoms with Crippen molar-refractivity contribution in [1.29, 1.82) is 0 Å². The van der Waals surface area contributed by atoms with Gasteiger partial charge in [0.2, 0.25) is 0 Å². The topological polar surface area (TPSA) is 67.4 Å². The van der Waals surface area contributed by atoms with E-state index in [1.54, 1.807) is 28.4 Å². The van der Waals surface area contributed by atoms with Crippen molar-refractivity contribution in [2.45, 2.75) is 32.9 Å². The van der Waals surface area contributed by atoms with Crippen LogP contribution in [0.25, 0.3) is 0 Å². The van der Waals surface area contributed by atoms with Crippen LogP contribution in [-0.2, 0) is 4.74 Å². The van der Waals surface area contributed by atoms with Crippen LogP contribution >= 0.6 is 24.0 Å². The first-order valence-corrected chi connectivity index (χ1v) is 9.53. The van der Waals surface area contributed by atoms with Crippen LogP contribution in [0.5, 0.6) is 11.5 Å². The fourth-order valence-electron chi connectivity index (χ4n) is 3.01. The van der Waals surface area contributed by atoms with Crippen LogP contribution in [0.1, 0.15) is 32.4 Å². The van der Waals surface area contributed by atoms with E-state index in [9.17, 15) is 0 Å². The molecule has 168 valence electrons. The van der Waals surface area contributed by atoms with Gasteiger partial charge in [0, 0.05) is 27.2 Å². The maximum Gasteiger partial charge on any atom is 0.191 e. The molecule has 2 N–H and O–H groups in total. The summed E-state index contributed by atoms with van der Waals surface area (Å²) in [6, 6.07) is 6.15. The van der Waals surface area contributed by atoms with Gasteiger partial charge in [0.25, 0.3) is 0 Å².